The molecule has 0 amide bonds. The number of carbonyl (C=O) groups excluding carboxylic acids is 2. The molecule has 35 heavy (non-hydrogen) atoms. The highest BCUT2D eigenvalue weighted by Crippen LogP contribution is 2.43. The quantitative estimate of drug-likeness (QED) is 0.0936. The minimum atomic E-state index is -4.59. The zero-order valence-corrected chi connectivity index (χ0v) is 22.4. The van der Waals surface area contributed by atoms with Crippen LogP contribution in [0.3, 0.4) is 0 Å². The largest absolute Gasteiger partial charge is 0.472 e. The van der Waals surface area contributed by atoms with Crippen LogP contribution in [0.4, 0.5) is 0 Å². The second-order valence-corrected chi connectivity index (χ2v) is 10.1. The van der Waals surface area contributed by atoms with E-state index in [4.69, 9.17) is 18.5 Å². The number of carbonyl (C=O) groups is 2. The fourth-order valence-electron chi connectivity index (χ4n) is 3.21. The molecule has 3 N–H and O–H groups in total. The van der Waals surface area contributed by atoms with E-state index in [0.717, 1.165) is 25.7 Å². The molecule has 0 heterocycles. The maximum atomic E-state index is 12.0. The second-order valence-electron chi connectivity index (χ2n) is 8.68. The molecule has 0 aliphatic heterocycles. The van der Waals surface area contributed by atoms with E-state index < -0.39 is 58.4 Å². The van der Waals surface area contributed by atoms with Crippen molar-refractivity contribution in [3.8, 4) is 0 Å². The van der Waals surface area contributed by atoms with Crippen molar-refractivity contribution in [2.75, 3.05) is 26.4 Å². The van der Waals surface area contributed by atoms with Gasteiger partial charge >= 0.3 is 19.8 Å². The molecule has 10 nitrogen and oxygen atoms in total. The molecule has 0 radical (unpaired) electrons. The molecule has 0 aromatic heterocycles. The second kappa shape index (κ2) is 22.2. The summed E-state index contributed by atoms with van der Waals surface area (Å²) >= 11 is 0. The Bertz CT molecular complexity index is 587. The van der Waals surface area contributed by atoms with Gasteiger partial charge in [0.2, 0.25) is 0 Å². The van der Waals surface area contributed by atoms with Crippen LogP contribution in [-0.4, -0.2) is 65.7 Å². The molecule has 0 fully saturated rings. The van der Waals surface area contributed by atoms with Crippen LogP contribution in [0.15, 0.2) is 0 Å². The van der Waals surface area contributed by atoms with Gasteiger partial charge in [0.15, 0.2) is 0 Å². The number of hydrogen-bond acceptors (Lipinski definition) is 9. The summed E-state index contributed by atoms with van der Waals surface area (Å²) in [6.45, 7) is 1.84. The first-order valence-corrected chi connectivity index (χ1v) is 14.5. The van der Waals surface area contributed by atoms with E-state index in [-0.39, 0.29) is 12.8 Å². The fourth-order valence-corrected chi connectivity index (χ4v) is 3.99. The van der Waals surface area contributed by atoms with Crippen molar-refractivity contribution in [1.29, 1.82) is 0 Å². The highest BCUT2D eigenvalue weighted by Gasteiger charge is 2.27. The lowest BCUT2D eigenvalue weighted by molar-refractivity contribution is -0.153. The van der Waals surface area contributed by atoms with Crippen molar-refractivity contribution in [1.82, 2.24) is 0 Å². The van der Waals surface area contributed by atoms with E-state index >= 15 is 0 Å². The standard InChI is InChI=1S/C24H47O10P/c1-3-5-7-8-9-10-11-12-13-14-16-24(28)34-22(18-26)20-32-35(29,30)31-19-21(17-25)33-23(27)15-6-4-2/h21-22,25-26H,3-20H2,1-2H3,(H,29,30). The normalized spacial score (nSPS) is 14.8. The summed E-state index contributed by atoms with van der Waals surface area (Å²) in [4.78, 5) is 33.4. The van der Waals surface area contributed by atoms with Gasteiger partial charge in [-0.05, 0) is 12.8 Å². The van der Waals surface area contributed by atoms with Gasteiger partial charge in [0.1, 0.15) is 12.2 Å². The number of aliphatic hydroxyl groups is 2. The highest BCUT2D eigenvalue weighted by atomic mass is 31.2. The van der Waals surface area contributed by atoms with E-state index in [1.165, 1.54) is 38.5 Å². The van der Waals surface area contributed by atoms with E-state index in [9.17, 15) is 29.3 Å². The van der Waals surface area contributed by atoms with Gasteiger partial charge in [-0.3, -0.25) is 18.6 Å². The molecular formula is C24H47O10P. The minimum Gasteiger partial charge on any atom is -0.457 e. The SMILES string of the molecule is CCCCCCCCCCCCC(=O)OC(CO)COP(=O)(O)OCC(CO)OC(=O)CCCC. The Morgan fingerprint density at radius 1 is 0.657 bits per heavy atom. The number of hydrogen-bond donors (Lipinski definition) is 3. The summed E-state index contributed by atoms with van der Waals surface area (Å²) in [7, 11) is -4.59. The summed E-state index contributed by atoms with van der Waals surface area (Å²) in [5.74, 6) is -1.06. The topological polar surface area (TPSA) is 149 Å². The first-order valence-electron chi connectivity index (χ1n) is 13.0. The lowest BCUT2D eigenvalue weighted by atomic mass is 10.1. The summed E-state index contributed by atoms with van der Waals surface area (Å²) < 4.78 is 31.7. The first kappa shape index (κ1) is 34.0. The number of esters is 2. The predicted octanol–water partition coefficient (Wildman–Crippen LogP) is 4.43. The molecule has 0 bridgehead atoms. The van der Waals surface area contributed by atoms with Crippen LogP contribution in [0.2, 0.25) is 0 Å². The Hall–Kier alpha value is -1.03. The van der Waals surface area contributed by atoms with Crippen molar-refractivity contribution in [2.45, 2.75) is 116 Å². The molecule has 0 saturated carbocycles. The summed E-state index contributed by atoms with van der Waals surface area (Å²) in [6, 6.07) is 0. The van der Waals surface area contributed by atoms with Gasteiger partial charge in [-0.25, -0.2) is 4.57 Å². The summed E-state index contributed by atoms with van der Waals surface area (Å²) in [6.07, 6.45) is 10.9. The lowest BCUT2D eigenvalue weighted by Crippen LogP contribution is -2.28. The zero-order valence-electron chi connectivity index (χ0n) is 21.5. The predicted molar refractivity (Wildman–Crippen MR) is 132 cm³/mol. The number of rotatable bonds is 24. The third-order valence-corrected chi connectivity index (χ3v) is 6.27. The van der Waals surface area contributed by atoms with E-state index in [1.54, 1.807) is 0 Å². The Morgan fingerprint density at radius 3 is 1.43 bits per heavy atom. The van der Waals surface area contributed by atoms with Crippen LogP contribution in [0.25, 0.3) is 0 Å². The van der Waals surface area contributed by atoms with Gasteiger partial charge in [-0.2, -0.15) is 0 Å². The Kier molecular flexibility index (Phi) is 21.5. The van der Waals surface area contributed by atoms with Gasteiger partial charge in [-0.1, -0.05) is 78.1 Å². The average Bonchev–Trinajstić information content (AvgIpc) is 2.84. The molecule has 208 valence electrons. The number of phosphoric acid groups is 1. The molecule has 3 atom stereocenters. The molecule has 0 aromatic rings. The lowest BCUT2D eigenvalue weighted by Gasteiger charge is -2.20. The Labute approximate surface area is 210 Å². The third-order valence-electron chi connectivity index (χ3n) is 5.32. The molecule has 11 heteroatoms. The molecule has 0 rings (SSSR count). The maximum absolute atomic E-state index is 12.0. The van der Waals surface area contributed by atoms with Crippen LogP contribution in [0.5, 0.6) is 0 Å². The minimum absolute atomic E-state index is 0.170. The fraction of sp³-hybridized carbons (Fsp3) is 0.917. The smallest absolute Gasteiger partial charge is 0.457 e. The first-order chi connectivity index (χ1) is 16.8. The van der Waals surface area contributed by atoms with Crippen molar-refractivity contribution >= 4 is 19.8 Å². The van der Waals surface area contributed by atoms with Crippen LogP contribution in [0.1, 0.15) is 104 Å². The maximum Gasteiger partial charge on any atom is 0.472 e. The van der Waals surface area contributed by atoms with E-state index in [1.807, 2.05) is 6.92 Å². The van der Waals surface area contributed by atoms with Gasteiger partial charge in [0.05, 0.1) is 26.4 Å². The average molecular weight is 527 g/mol. The number of unbranched alkanes of at least 4 members (excludes halogenated alkanes) is 10. The summed E-state index contributed by atoms with van der Waals surface area (Å²) in [5, 5.41) is 18.6. The van der Waals surface area contributed by atoms with E-state index in [0.29, 0.717) is 12.8 Å². The molecule has 0 saturated heterocycles. The molecular weight excluding hydrogens is 479 g/mol. The zero-order chi connectivity index (χ0) is 26.4. The summed E-state index contributed by atoms with van der Waals surface area (Å²) in [5.41, 5.74) is 0. The Morgan fingerprint density at radius 2 is 1.03 bits per heavy atom. The van der Waals surface area contributed by atoms with Crippen LogP contribution in [0, 0.1) is 0 Å². The van der Waals surface area contributed by atoms with Crippen molar-refractivity contribution in [2.24, 2.45) is 0 Å². The molecule has 0 spiro atoms. The third kappa shape index (κ3) is 20.8. The number of ether oxygens (including phenoxy) is 2. The van der Waals surface area contributed by atoms with E-state index in [2.05, 4.69) is 6.92 Å². The molecule has 0 aromatic carbocycles. The van der Waals surface area contributed by atoms with Crippen molar-refractivity contribution in [3.05, 3.63) is 0 Å². The molecule has 0 aliphatic carbocycles. The van der Waals surface area contributed by atoms with Gasteiger partial charge in [0.25, 0.3) is 0 Å². The van der Waals surface area contributed by atoms with Gasteiger partial charge < -0.3 is 24.6 Å². The van der Waals surface area contributed by atoms with Gasteiger partial charge in [0, 0.05) is 12.8 Å². The van der Waals surface area contributed by atoms with Crippen molar-refractivity contribution < 1.29 is 47.8 Å². The molecule has 3 unspecified atom stereocenters. The number of phosphoric ester groups is 1. The monoisotopic (exact) mass is 526 g/mol. The Balaban J connectivity index is 4.08. The van der Waals surface area contributed by atoms with Crippen LogP contribution < -0.4 is 0 Å². The van der Waals surface area contributed by atoms with Crippen LogP contribution >= 0.6 is 7.82 Å². The molecule has 0 aliphatic rings. The van der Waals surface area contributed by atoms with Crippen LogP contribution in [-0.2, 0) is 32.7 Å². The van der Waals surface area contributed by atoms with Crippen molar-refractivity contribution in [3.63, 3.8) is 0 Å². The van der Waals surface area contributed by atoms with Gasteiger partial charge in [-0.15, -0.1) is 0 Å². The highest BCUT2D eigenvalue weighted by molar-refractivity contribution is 7.47. The number of aliphatic hydroxyl groups excluding tert-OH is 2.